The maximum atomic E-state index is 10.5. The van der Waals surface area contributed by atoms with E-state index in [2.05, 4.69) is 13.8 Å². The number of hydrogen-bond acceptors (Lipinski definition) is 3. The fourth-order valence-corrected chi connectivity index (χ4v) is 1.57. The lowest BCUT2D eigenvalue weighted by atomic mass is 9.90. The smallest absolute Gasteiger partial charge is 0.269 e. The molecule has 0 aliphatic carbocycles. The van der Waals surface area contributed by atoms with Gasteiger partial charge in [0.25, 0.3) is 5.69 Å². The summed E-state index contributed by atoms with van der Waals surface area (Å²) in [7, 11) is 0. The summed E-state index contributed by atoms with van der Waals surface area (Å²) < 4.78 is 0. The van der Waals surface area contributed by atoms with E-state index in [1.54, 1.807) is 12.1 Å². The molecule has 0 radical (unpaired) electrons. The van der Waals surface area contributed by atoms with Gasteiger partial charge in [-0.3, -0.25) is 10.1 Å². The number of aliphatic hydroxyl groups is 1. The molecule has 1 aromatic carbocycles. The Kier molecular flexibility index (Phi) is 4.43. The highest BCUT2D eigenvalue weighted by molar-refractivity contribution is 5.33. The zero-order valence-electron chi connectivity index (χ0n) is 9.59. The van der Waals surface area contributed by atoms with Crippen molar-refractivity contribution in [1.29, 1.82) is 0 Å². The van der Waals surface area contributed by atoms with E-state index in [4.69, 9.17) is 0 Å². The second kappa shape index (κ2) is 5.61. The molecule has 1 N–H and O–H groups in total. The van der Waals surface area contributed by atoms with E-state index in [1.807, 2.05) is 0 Å². The van der Waals surface area contributed by atoms with Crippen LogP contribution in [0.2, 0.25) is 0 Å². The summed E-state index contributed by atoms with van der Waals surface area (Å²) in [4.78, 5) is 10.1. The maximum Gasteiger partial charge on any atom is 0.269 e. The Hall–Kier alpha value is -1.42. The third-order valence-corrected chi connectivity index (χ3v) is 2.82. The zero-order chi connectivity index (χ0) is 12.1. The van der Waals surface area contributed by atoms with Gasteiger partial charge in [-0.25, -0.2) is 0 Å². The van der Waals surface area contributed by atoms with E-state index in [0.29, 0.717) is 5.92 Å². The summed E-state index contributed by atoms with van der Waals surface area (Å²) in [6.45, 7) is 4.27. The molecular weight excluding hydrogens is 206 g/mol. The molecule has 4 nitrogen and oxygen atoms in total. The number of nitro groups is 1. The quantitative estimate of drug-likeness (QED) is 0.615. The second-order valence-corrected chi connectivity index (χ2v) is 4.31. The molecule has 1 atom stereocenters. The summed E-state index contributed by atoms with van der Waals surface area (Å²) in [6, 6.07) is 6.51. The average molecular weight is 223 g/mol. The average Bonchev–Trinajstić information content (AvgIpc) is 2.26. The summed E-state index contributed by atoms with van der Waals surface area (Å²) in [5, 5.41) is 19.7. The number of nitro benzene ring substituents is 1. The highest BCUT2D eigenvalue weighted by Gasteiger charge is 2.13. The van der Waals surface area contributed by atoms with Crippen LogP contribution >= 0.6 is 0 Å². The molecule has 4 heteroatoms. The maximum absolute atomic E-state index is 10.5. The van der Waals surface area contributed by atoms with Crippen molar-refractivity contribution in [2.24, 2.45) is 11.8 Å². The largest absolute Gasteiger partial charge is 0.396 e. The fourth-order valence-electron chi connectivity index (χ4n) is 1.57. The van der Waals surface area contributed by atoms with Crippen LogP contribution in [-0.2, 0) is 6.42 Å². The molecule has 1 aromatic rings. The van der Waals surface area contributed by atoms with Crippen molar-refractivity contribution in [2.45, 2.75) is 20.3 Å². The number of benzene rings is 1. The van der Waals surface area contributed by atoms with Gasteiger partial charge in [-0.2, -0.15) is 0 Å². The van der Waals surface area contributed by atoms with E-state index >= 15 is 0 Å². The van der Waals surface area contributed by atoms with Crippen LogP contribution in [0.3, 0.4) is 0 Å². The Morgan fingerprint density at radius 3 is 2.25 bits per heavy atom. The van der Waals surface area contributed by atoms with Crippen molar-refractivity contribution >= 4 is 5.69 Å². The van der Waals surface area contributed by atoms with Gasteiger partial charge in [-0.05, 0) is 23.8 Å². The normalized spacial score (nSPS) is 12.8. The van der Waals surface area contributed by atoms with E-state index in [0.717, 1.165) is 12.0 Å². The van der Waals surface area contributed by atoms with E-state index in [-0.39, 0.29) is 18.2 Å². The van der Waals surface area contributed by atoms with Gasteiger partial charge >= 0.3 is 0 Å². The molecule has 0 unspecified atom stereocenters. The summed E-state index contributed by atoms with van der Waals surface area (Å²) in [5.41, 5.74) is 1.13. The number of nitrogens with zero attached hydrogens (tertiary/aromatic N) is 1. The van der Waals surface area contributed by atoms with Crippen molar-refractivity contribution in [2.75, 3.05) is 6.61 Å². The highest BCUT2D eigenvalue weighted by atomic mass is 16.6. The monoisotopic (exact) mass is 223 g/mol. The molecule has 0 bridgehead atoms. The number of rotatable bonds is 5. The zero-order valence-corrected chi connectivity index (χ0v) is 9.59. The first-order valence-electron chi connectivity index (χ1n) is 5.38. The molecule has 0 saturated carbocycles. The van der Waals surface area contributed by atoms with Crippen LogP contribution in [0.25, 0.3) is 0 Å². The van der Waals surface area contributed by atoms with Gasteiger partial charge in [0.1, 0.15) is 0 Å². The Morgan fingerprint density at radius 2 is 1.88 bits per heavy atom. The Bertz CT molecular complexity index is 346. The van der Waals surface area contributed by atoms with Crippen LogP contribution in [0.5, 0.6) is 0 Å². The Morgan fingerprint density at radius 1 is 1.31 bits per heavy atom. The number of aliphatic hydroxyl groups excluding tert-OH is 1. The molecule has 16 heavy (non-hydrogen) atoms. The first kappa shape index (κ1) is 12.6. The van der Waals surface area contributed by atoms with Crippen LogP contribution < -0.4 is 0 Å². The SMILES string of the molecule is CC(C)[C@@H](CO)Cc1ccc([N+](=O)[O-])cc1. The van der Waals surface area contributed by atoms with Crippen LogP contribution in [0.1, 0.15) is 19.4 Å². The van der Waals surface area contributed by atoms with Gasteiger partial charge in [-0.1, -0.05) is 26.0 Å². The van der Waals surface area contributed by atoms with Crippen molar-refractivity contribution in [3.05, 3.63) is 39.9 Å². The highest BCUT2D eigenvalue weighted by Crippen LogP contribution is 2.19. The first-order chi connectivity index (χ1) is 7.54. The molecule has 0 heterocycles. The standard InChI is InChI=1S/C12H17NO3/c1-9(2)11(8-14)7-10-3-5-12(6-4-10)13(15)16/h3-6,9,11,14H,7-8H2,1-2H3/t11-/m1/s1. The molecule has 0 aromatic heterocycles. The molecule has 88 valence electrons. The van der Waals surface area contributed by atoms with Gasteiger partial charge in [0, 0.05) is 18.7 Å². The minimum atomic E-state index is -0.407. The Balaban J connectivity index is 2.71. The molecule has 0 spiro atoms. The minimum absolute atomic E-state index is 0.105. The van der Waals surface area contributed by atoms with Crippen LogP contribution in [0, 0.1) is 22.0 Å². The summed E-state index contributed by atoms with van der Waals surface area (Å²) in [5.74, 6) is 0.613. The lowest BCUT2D eigenvalue weighted by Gasteiger charge is -2.17. The van der Waals surface area contributed by atoms with Crippen LogP contribution in [0.15, 0.2) is 24.3 Å². The molecule has 0 saturated heterocycles. The lowest BCUT2D eigenvalue weighted by Crippen LogP contribution is -2.16. The predicted octanol–water partition coefficient (Wildman–Crippen LogP) is 2.40. The topological polar surface area (TPSA) is 63.4 Å². The van der Waals surface area contributed by atoms with Crippen LogP contribution in [-0.4, -0.2) is 16.6 Å². The van der Waals surface area contributed by atoms with Crippen molar-refractivity contribution in [3.8, 4) is 0 Å². The third-order valence-electron chi connectivity index (χ3n) is 2.82. The van der Waals surface area contributed by atoms with Gasteiger partial charge in [-0.15, -0.1) is 0 Å². The van der Waals surface area contributed by atoms with E-state index in [9.17, 15) is 15.2 Å². The summed E-state index contributed by atoms with van der Waals surface area (Å²) in [6.07, 6.45) is 0.756. The predicted molar refractivity (Wildman–Crippen MR) is 62.2 cm³/mol. The first-order valence-corrected chi connectivity index (χ1v) is 5.38. The van der Waals surface area contributed by atoms with Crippen molar-refractivity contribution < 1.29 is 10.0 Å². The third kappa shape index (κ3) is 3.31. The van der Waals surface area contributed by atoms with Gasteiger partial charge in [0.05, 0.1) is 4.92 Å². The molecule has 0 aliphatic rings. The van der Waals surface area contributed by atoms with E-state index < -0.39 is 4.92 Å². The summed E-state index contributed by atoms with van der Waals surface area (Å²) >= 11 is 0. The van der Waals surface area contributed by atoms with E-state index in [1.165, 1.54) is 12.1 Å². The van der Waals surface area contributed by atoms with Gasteiger partial charge in [0.2, 0.25) is 0 Å². The Labute approximate surface area is 95.1 Å². The van der Waals surface area contributed by atoms with Crippen molar-refractivity contribution in [1.82, 2.24) is 0 Å². The fraction of sp³-hybridized carbons (Fsp3) is 0.500. The molecule has 0 aliphatic heterocycles. The van der Waals surface area contributed by atoms with Gasteiger partial charge in [0.15, 0.2) is 0 Å². The number of non-ortho nitro benzene ring substituents is 1. The molecular formula is C12H17NO3. The second-order valence-electron chi connectivity index (χ2n) is 4.31. The lowest BCUT2D eigenvalue weighted by molar-refractivity contribution is -0.384. The molecule has 0 amide bonds. The van der Waals surface area contributed by atoms with Crippen molar-refractivity contribution in [3.63, 3.8) is 0 Å². The van der Waals surface area contributed by atoms with Gasteiger partial charge < -0.3 is 5.11 Å². The molecule has 1 rings (SSSR count). The number of hydrogen-bond donors (Lipinski definition) is 1. The van der Waals surface area contributed by atoms with Crippen LogP contribution in [0.4, 0.5) is 5.69 Å². The minimum Gasteiger partial charge on any atom is -0.396 e. The molecule has 0 fully saturated rings.